The summed E-state index contributed by atoms with van der Waals surface area (Å²) in [5.41, 5.74) is 4.46. The van der Waals surface area contributed by atoms with Gasteiger partial charge in [0.15, 0.2) is 22.5 Å². The first-order chi connectivity index (χ1) is 19.6. The SMILES string of the molecule is COc1ccc(CCNC(=O)c2csc(CSc3nnc(-c4cccnc4)n3-c3ccc(C)cc3)n2)cc1OC. The van der Waals surface area contributed by atoms with Crippen molar-refractivity contribution in [3.63, 3.8) is 0 Å². The Balaban J connectivity index is 1.23. The number of pyridine rings is 1. The lowest BCUT2D eigenvalue weighted by atomic mass is 10.1. The van der Waals surface area contributed by atoms with Crippen LogP contribution in [0.25, 0.3) is 17.1 Å². The fraction of sp³-hybridized carbons (Fsp3) is 0.207. The number of benzene rings is 2. The summed E-state index contributed by atoms with van der Waals surface area (Å²) in [4.78, 5) is 21.5. The second-order valence-electron chi connectivity index (χ2n) is 8.83. The van der Waals surface area contributed by atoms with E-state index in [2.05, 4.69) is 56.7 Å². The molecule has 204 valence electrons. The molecule has 1 amide bonds. The van der Waals surface area contributed by atoms with E-state index in [9.17, 15) is 4.79 Å². The molecule has 3 aromatic heterocycles. The topological polar surface area (TPSA) is 104 Å². The molecule has 0 aliphatic carbocycles. The first-order valence-corrected chi connectivity index (χ1v) is 14.4. The van der Waals surface area contributed by atoms with Crippen molar-refractivity contribution < 1.29 is 14.3 Å². The Bertz CT molecular complexity index is 1590. The molecule has 0 bridgehead atoms. The number of methoxy groups -OCH3 is 2. The summed E-state index contributed by atoms with van der Waals surface area (Å²) in [7, 11) is 3.21. The van der Waals surface area contributed by atoms with E-state index in [4.69, 9.17) is 9.47 Å². The highest BCUT2D eigenvalue weighted by molar-refractivity contribution is 7.98. The number of thiazole rings is 1. The predicted octanol–water partition coefficient (Wildman–Crippen LogP) is 5.38. The number of carbonyl (C=O) groups excluding carboxylic acids is 1. The molecule has 0 radical (unpaired) electrons. The summed E-state index contributed by atoms with van der Waals surface area (Å²) in [5.74, 6) is 2.41. The molecule has 0 fully saturated rings. The molecule has 0 saturated carbocycles. The van der Waals surface area contributed by atoms with Gasteiger partial charge in [-0.2, -0.15) is 0 Å². The van der Waals surface area contributed by atoms with Gasteiger partial charge in [-0.3, -0.25) is 14.3 Å². The number of aryl methyl sites for hydroxylation is 1. The van der Waals surface area contributed by atoms with Gasteiger partial charge in [-0.25, -0.2) is 4.98 Å². The average molecular weight is 573 g/mol. The van der Waals surface area contributed by atoms with Crippen LogP contribution in [0.2, 0.25) is 0 Å². The van der Waals surface area contributed by atoms with E-state index in [-0.39, 0.29) is 5.91 Å². The van der Waals surface area contributed by atoms with Crippen molar-refractivity contribution in [2.75, 3.05) is 20.8 Å². The molecule has 0 aliphatic heterocycles. The van der Waals surface area contributed by atoms with Crippen LogP contribution < -0.4 is 14.8 Å². The first kappa shape index (κ1) is 27.4. The Hall–Kier alpha value is -4.22. The lowest BCUT2D eigenvalue weighted by Crippen LogP contribution is -2.26. The molecule has 5 rings (SSSR count). The van der Waals surface area contributed by atoms with E-state index in [1.807, 2.05) is 34.9 Å². The van der Waals surface area contributed by atoms with Gasteiger partial charge in [-0.15, -0.1) is 21.5 Å². The normalized spacial score (nSPS) is 10.9. The Morgan fingerprint density at radius 3 is 2.62 bits per heavy atom. The highest BCUT2D eigenvalue weighted by atomic mass is 32.2. The number of aromatic nitrogens is 5. The summed E-state index contributed by atoms with van der Waals surface area (Å²) in [5, 5.41) is 15.2. The summed E-state index contributed by atoms with van der Waals surface area (Å²) in [6.07, 6.45) is 4.17. The minimum Gasteiger partial charge on any atom is -0.493 e. The first-order valence-electron chi connectivity index (χ1n) is 12.5. The smallest absolute Gasteiger partial charge is 0.270 e. The van der Waals surface area contributed by atoms with E-state index >= 15 is 0 Å². The van der Waals surface area contributed by atoms with E-state index in [0.29, 0.717) is 41.7 Å². The largest absolute Gasteiger partial charge is 0.493 e. The van der Waals surface area contributed by atoms with Crippen molar-refractivity contribution in [2.24, 2.45) is 0 Å². The van der Waals surface area contributed by atoms with Crippen molar-refractivity contribution in [3.8, 4) is 28.6 Å². The lowest BCUT2D eigenvalue weighted by Gasteiger charge is -2.10. The monoisotopic (exact) mass is 572 g/mol. The molecule has 3 heterocycles. The second kappa shape index (κ2) is 12.8. The van der Waals surface area contributed by atoms with Crippen LogP contribution in [-0.2, 0) is 12.2 Å². The number of thioether (sulfide) groups is 1. The number of rotatable bonds is 11. The number of nitrogens with one attached hydrogen (secondary N) is 1. The van der Waals surface area contributed by atoms with E-state index in [1.54, 1.807) is 32.0 Å². The molecule has 5 aromatic rings. The standard InChI is InChI=1S/C29H28N6O3S2/c1-19-6-9-22(10-7-19)35-27(21-5-4-13-30-16-21)33-34-29(35)40-18-26-32-23(17-39-26)28(36)31-14-12-20-8-11-24(37-2)25(15-20)38-3/h4-11,13,15-17H,12,14,18H2,1-3H3,(H,31,36). The van der Waals surface area contributed by atoms with Gasteiger partial charge in [0, 0.05) is 35.6 Å². The maximum absolute atomic E-state index is 12.7. The molecule has 0 atom stereocenters. The fourth-order valence-corrected chi connectivity index (χ4v) is 5.77. The molecule has 9 nitrogen and oxygen atoms in total. The van der Waals surface area contributed by atoms with Gasteiger partial charge in [0.05, 0.1) is 20.0 Å². The van der Waals surface area contributed by atoms with Crippen LogP contribution in [0.5, 0.6) is 11.5 Å². The number of amides is 1. The van der Waals surface area contributed by atoms with Crippen LogP contribution in [0.3, 0.4) is 0 Å². The zero-order chi connectivity index (χ0) is 27.9. The van der Waals surface area contributed by atoms with Gasteiger partial charge in [0.2, 0.25) is 0 Å². The lowest BCUT2D eigenvalue weighted by molar-refractivity contribution is 0.0949. The number of nitrogens with zero attached hydrogens (tertiary/aromatic N) is 5. The van der Waals surface area contributed by atoms with Crippen molar-refractivity contribution >= 4 is 29.0 Å². The summed E-state index contributed by atoms with van der Waals surface area (Å²) >= 11 is 2.98. The summed E-state index contributed by atoms with van der Waals surface area (Å²) in [6.45, 7) is 2.53. The van der Waals surface area contributed by atoms with Crippen molar-refractivity contribution in [1.29, 1.82) is 0 Å². The van der Waals surface area contributed by atoms with Crippen LogP contribution in [0.1, 0.15) is 26.6 Å². The van der Waals surface area contributed by atoms with Crippen LogP contribution >= 0.6 is 23.1 Å². The van der Waals surface area contributed by atoms with Crippen LogP contribution in [-0.4, -0.2) is 51.4 Å². The van der Waals surface area contributed by atoms with Gasteiger partial charge >= 0.3 is 0 Å². The molecular formula is C29H28N6O3S2. The van der Waals surface area contributed by atoms with E-state index in [1.165, 1.54) is 28.7 Å². The van der Waals surface area contributed by atoms with Crippen molar-refractivity contribution in [2.45, 2.75) is 24.3 Å². The molecule has 0 aliphatic rings. The number of carbonyl (C=O) groups is 1. The molecule has 0 saturated heterocycles. The molecule has 11 heteroatoms. The number of ether oxygens (including phenoxy) is 2. The highest BCUT2D eigenvalue weighted by Crippen LogP contribution is 2.30. The van der Waals surface area contributed by atoms with Crippen molar-refractivity contribution in [3.05, 3.63) is 94.2 Å². The minimum atomic E-state index is -0.199. The quantitative estimate of drug-likeness (QED) is 0.211. The third-order valence-corrected chi connectivity index (χ3v) is 8.07. The number of hydrogen-bond acceptors (Lipinski definition) is 9. The summed E-state index contributed by atoms with van der Waals surface area (Å²) < 4.78 is 12.7. The maximum Gasteiger partial charge on any atom is 0.270 e. The maximum atomic E-state index is 12.7. The Morgan fingerprint density at radius 2 is 1.88 bits per heavy atom. The second-order valence-corrected chi connectivity index (χ2v) is 10.7. The van der Waals surface area contributed by atoms with Gasteiger partial charge in [0.25, 0.3) is 5.91 Å². The van der Waals surface area contributed by atoms with Crippen LogP contribution in [0.4, 0.5) is 0 Å². The zero-order valence-corrected chi connectivity index (χ0v) is 24.0. The Morgan fingerprint density at radius 1 is 1.05 bits per heavy atom. The molecule has 0 spiro atoms. The predicted molar refractivity (Wildman–Crippen MR) is 157 cm³/mol. The average Bonchev–Trinajstić information content (AvgIpc) is 3.64. The molecule has 2 aromatic carbocycles. The third kappa shape index (κ3) is 6.32. The Kier molecular flexibility index (Phi) is 8.72. The summed E-state index contributed by atoms with van der Waals surface area (Å²) in [6, 6.07) is 17.8. The van der Waals surface area contributed by atoms with Gasteiger partial charge in [0.1, 0.15) is 10.7 Å². The minimum absolute atomic E-state index is 0.199. The van der Waals surface area contributed by atoms with E-state index < -0.39 is 0 Å². The molecule has 1 N–H and O–H groups in total. The zero-order valence-electron chi connectivity index (χ0n) is 22.3. The number of hydrogen-bond donors (Lipinski definition) is 1. The Labute approximate surface area is 240 Å². The van der Waals surface area contributed by atoms with Gasteiger partial charge in [-0.1, -0.05) is 35.5 Å². The fourth-order valence-electron chi connectivity index (χ4n) is 4.03. The third-order valence-electron chi connectivity index (χ3n) is 6.10. The van der Waals surface area contributed by atoms with Crippen LogP contribution in [0, 0.1) is 6.92 Å². The van der Waals surface area contributed by atoms with Crippen LogP contribution in [0.15, 0.2) is 77.5 Å². The van der Waals surface area contributed by atoms with E-state index in [0.717, 1.165) is 27.0 Å². The highest BCUT2D eigenvalue weighted by Gasteiger charge is 2.18. The van der Waals surface area contributed by atoms with Gasteiger partial charge < -0.3 is 14.8 Å². The molecule has 40 heavy (non-hydrogen) atoms. The molecular weight excluding hydrogens is 544 g/mol. The van der Waals surface area contributed by atoms with Gasteiger partial charge in [-0.05, 0) is 55.3 Å². The molecule has 0 unspecified atom stereocenters. The van der Waals surface area contributed by atoms with Crippen molar-refractivity contribution in [1.82, 2.24) is 30.0 Å².